The number of methoxy groups -OCH3 is 1. The first-order valence-electron chi connectivity index (χ1n) is 8.93. The Hall–Kier alpha value is -3.27. The molecule has 0 atom stereocenters. The number of anilines is 2. The maximum absolute atomic E-state index is 12.6. The van der Waals surface area contributed by atoms with Crippen molar-refractivity contribution in [1.82, 2.24) is 0 Å². The summed E-state index contributed by atoms with van der Waals surface area (Å²) in [7, 11) is 1.64. The number of carbonyl (C=O) groups excluding carboxylic acids is 1. The van der Waals surface area contributed by atoms with Gasteiger partial charge in [-0.1, -0.05) is 42.5 Å². The van der Waals surface area contributed by atoms with Crippen molar-refractivity contribution in [2.75, 3.05) is 23.9 Å². The van der Waals surface area contributed by atoms with Crippen LogP contribution in [0.15, 0.2) is 78.9 Å². The van der Waals surface area contributed by atoms with Gasteiger partial charge in [0, 0.05) is 17.9 Å². The van der Waals surface area contributed by atoms with Crippen LogP contribution in [0.3, 0.4) is 0 Å². The SMILES string of the molecule is COc1ccc(N(CC(=O)Nc2cccc(C)c2)Cc2ccccc2)cc1. The van der Waals surface area contributed by atoms with Gasteiger partial charge in [0.1, 0.15) is 5.75 Å². The second kappa shape index (κ2) is 8.90. The number of ether oxygens (including phenoxy) is 1. The average Bonchev–Trinajstić information content (AvgIpc) is 2.68. The Labute approximate surface area is 160 Å². The Morgan fingerprint density at radius 3 is 2.37 bits per heavy atom. The number of nitrogens with zero attached hydrogens (tertiary/aromatic N) is 1. The predicted molar refractivity (Wildman–Crippen MR) is 110 cm³/mol. The first kappa shape index (κ1) is 18.5. The molecule has 27 heavy (non-hydrogen) atoms. The number of carbonyl (C=O) groups is 1. The number of rotatable bonds is 7. The second-order valence-corrected chi connectivity index (χ2v) is 6.46. The first-order valence-corrected chi connectivity index (χ1v) is 8.93. The van der Waals surface area contributed by atoms with Gasteiger partial charge in [-0.15, -0.1) is 0 Å². The lowest BCUT2D eigenvalue weighted by Gasteiger charge is -2.25. The van der Waals surface area contributed by atoms with E-state index < -0.39 is 0 Å². The molecule has 0 aromatic heterocycles. The van der Waals surface area contributed by atoms with Gasteiger partial charge in [0.25, 0.3) is 0 Å². The molecular formula is C23H24N2O2. The van der Waals surface area contributed by atoms with Crippen LogP contribution in [0.4, 0.5) is 11.4 Å². The zero-order chi connectivity index (χ0) is 19.1. The molecule has 4 nitrogen and oxygen atoms in total. The molecule has 0 aliphatic rings. The van der Waals surface area contributed by atoms with E-state index in [1.54, 1.807) is 7.11 Å². The van der Waals surface area contributed by atoms with E-state index in [9.17, 15) is 4.79 Å². The van der Waals surface area contributed by atoms with Crippen LogP contribution in [-0.2, 0) is 11.3 Å². The highest BCUT2D eigenvalue weighted by molar-refractivity contribution is 5.94. The maximum Gasteiger partial charge on any atom is 0.243 e. The normalized spacial score (nSPS) is 10.3. The molecule has 3 aromatic rings. The molecule has 0 radical (unpaired) electrons. The van der Waals surface area contributed by atoms with E-state index in [2.05, 4.69) is 22.3 Å². The van der Waals surface area contributed by atoms with Crippen molar-refractivity contribution in [3.05, 3.63) is 90.0 Å². The smallest absolute Gasteiger partial charge is 0.243 e. The van der Waals surface area contributed by atoms with Crippen molar-refractivity contribution in [2.24, 2.45) is 0 Å². The van der Waals surface area contributed by atoms with Gasteiger partial charge >= 0.3 is 0 Å². The Morgan fingerprint density at radius 2 is 1.70 bits per heavy atom. The van der Waals surface area contributed by atoms with Crippen LogP contribution in [0, 0.1) is 6.92 Å². The molecule has 4 heteroatoms. The van der Waals surface area contributed by atoms with Crippen molar-refractivity contribution < 1.29 is 9.53 Å². The highest BCUT2D eigenvalue weighted by Gasteiger charge is 2.13. The molecule has 3 rings (SSSR count). The fourth-order valence-electron chi connectivity index (χ4n) is 2.93. The molecular weight excluding hydrogens is 336 g/mol. The van der Waals surface area contributed by atoms with Gasteiger partial charge in [0.05, 0.1) is 13.7 Å². The van der Waals surface area contributed by atoms with Crippen molar-refractivity contribution in [3.8, 4) is 5.75 Å². The Balaban J connectivity index is 1.76. The monoisotopic (exact) mass is 360 g/mol. The zero-order valence-electron chi connectivity index (χ0n) is 15.7. The largest absolute Gasteiger partial charge is 0.497 e. The van der Waals surface area contributed by atoms with E-state index >= 15 is 0 Å². The third-order valence-electron chi connectivity index (χ3n) is 4.29. The Bertz CT molecular complexity index is 876. The summed E-state index contributed by atoms with van der Waals surface area (Å²) in [5.74, 6) is 0.745. The topological polar surface area (TPSA) is 41.6 Å². The van der Waals surface area contributed by atoms with Gasteiger partial charge in [-0.3, -0.25) is 4.79 Å². The highest BCUT2D eigenvalue weighted by atomic mass is 16.5. The minimum Gasteiger partial charge on any atom is -0.497 e. The van der Waals surface area contributed by atoms with E-state index in [0.29, 0.717) is 6.54 Å². The summed E-state index contributed by atoms with van der Waals surface area (Å²) in [5.41, 5.74) is 4.05. The molecule has 0 spiro atoms. The second-order valence-electron chi connectivity index (χ2n) is 6.46. The summed E-state index contributed by atoms with van der Waals surface area (Å²) in [4.78, 5) is 14.7. The van der Waals surface area contributed by atoms with Gasteiger partial charge < -0.3 is 15.0 Å². The number of nitrogens with one attached hydrogen (secondary N) is 1. The molecule has 0 heterocycles. The fraction of sp³-hybridized carbons (Fsp3) is 0.174. The van der Waals surface area contributed by atoms with Crippen LogP contribution in [0.2, 0.25) is 0 Å². The Kier molecular flexibility index (Phi) is 6.10. The summed E-state index contributed by atoms with van der Waals surface area (Å²) < 4.78 is 5.24. The highest BCUT2D eigenvalue weighted by Crippen LogP contribution is 2.21. The van der Waals surface area contributed by atoms with E-state index in [-0.39, 0.29) is 12.5 Å². The molecule has 0 fully saturated rings. The minimum atomic E-state index is -0.0488. The summed E-state index contributed by atoms with van der Waals surface area (Å²) in [6, 6.07) is 25.7. The lowest BCUT2D eigenvalue weighted by atomic mass is 10.2. The van der Waals surface area contributed by atoms with E-state index in [0.717, 1.165) is 28.3 Å². The number of amides is 1. The van der Waals surface area contributed by atoms with Crippen LogP contribution in [0.1, 0.15) is 11.1 Å². The van der Waals surface area contributed by atoms with Crippen molar-refractivity contribution in [2.45, 2.75) is 13.5 Å². The molecule has 0 bridgehead atoms. The molecule has 1 amide bonds. The lowest BCUT2D eigenvalue weighted by Crippen LogP contribution is -2.32. The third-order valence-corrected chi connectivity index (χ3v) is 4.29. The van der Waals surface area contributed by atoms with Crippen molar-refractivity contribution in [3.63, 3.8) is 0 Å². The van der Waals surface area contributed by atoms with Gasteiger partial charge in [-0.25, -0.2) is 0 Å². The van der Waals surface area contributed by atoms with Crippen LogP contribution >= 0.6 is 0 Å². The molecule has 3 aromatic carbocycles. The van der Waals surface area contributed by atoms with E-state index in [1.165, 1.54) is 0 Å². The van der Waals surface area contributed by atoms with Gasteiger partial charge in [0.2, 0.25) is 5.91 Å². The third kappa shape index (κ3) is 5.35. The first-order chi connectivity index (χ1) is 13.1. The lowest BCUT2D eigenvalue weighted by molar-refractivity contribution is -0.115. The maximum atomic E-state index is 12.6. The molecule has 0 unspecified atom stereocenters. The molecule has 0 aliphatic carbocycles. The van der Waals surface area contributed by atoms with E-state index in [4.69, 9.17) is 4.74 Å². The molecule has 138 valence electrons. The number of hydrogen-bond donors (Lipinski definition) is 1. The fourth-order valence-corrected chi connectivity index (χ4v) is 2.93. The molecule has 0 aliphatic heterocycles. The number of aryl methyl sites for hydroxylation is 1. The number of benzene rings is 3. The summed E-state index contributed by atoms with van der Waals surface area (Å²) in [6.07, 6.45) is 0. The predicted octanol–water partition coefficient (Wildman–Crippen LogP) is 4.65. The van der Waals surface area contributed by atoms with Crippen molar-refractivity contribution in [1.29, 1.82) is 0 Å². The Morgan fingerprint density at radius 1 is 0.963 bits per heavy atom. The van der Waals surface area contributed by atoms with Crippen LogP contribution in [0.25, 0.3) is 0 Å². The van der Waals surface area contributed by atoms with Crippen molar-refractivity contribution >= 4 is 17.3 Å². The average molecular weight is 360 g/mol. The molecule has 0 saturated carbocycles. The van der Waals surface area contributed by atoms with Crippen LogP contribution < -0.4 is 15.0 Å². The van der Waals surface area contributed by atoms with Gasteiger partial charge in [-0.2, -0.15) is 0 Å². The minimum absolute atomic E-state index is 0.0488. The standard InChI is InChI=1S/C23H24N2O2/c1-18-7-6-10-20(15-18)24-23(26)17-25(16-19-8-4-3-5-9-19)21-11-13-22(27-2)14-12-21/h3-15H,16-17H2,1-2H3,(H,24,26). The van der Waals surface area contributed by atoms with E-state index in [1.807, 2.05) is 73.7 Å². The van der Waals surface area contributed by atoms with Gasteiger partial charge in [-0.05, 0) is 54.4 Å². The number of hydrogen-bond acceptors (Lipinski definition) is 3. The molecule has 1 N–H and O–H groups in total. The summed E-state index contributed by atoms with van der Waals surface area (Å²) >= 11 is 0. The summed E-state index contributed by atoms with van der Waals surface area (Å²) in [5, 5.41) is 2.99. The zero-order valence-corrected chi connectivity index (χ0v) is 15.7. The van der Waals surface area contributed by atoms with Crippen LogP contribution in [-0.4, -0.2) is 19.6 Å². The molecule has 0 saturated heterocycles. The quantitative estimate of drug-likeness (QED) is 0.667. The van der Waals surface area contributed by atoms with Gasteiger partial charge in [0.15, 0.2) is 0 Å². The van der Waals surface area contributed by atoms with Crippen LogP contribution in [0.5, 0.6) is 5.75 Å². The summed E-state index contributed by atoms with van der Waals surface area (Å²) in [6.45, 7) is 2.91.